The summed E-state index contributed by atoms with van der Waals surface area (Å²) in [6, 6.07) is 0. The highest BCUT2D eigenvalue weighted by atomic mass is 16.3. The Morgan fingerprint density at radius 2 is 2.30 bits per heavy atom. The van der Waals surface area contributed by atoms with Crippen LogP contribution >= 0.6 is 0 Å². The number of fused-ring (bicyclic) bond motifs is 2. The van der Waals surface area contributed by atoms with Gasteiger partial charge >= 0.3 is 0 Å². The van der Waals surface area contributed by atoms with Gasteiger partial charge in [0.2, 0.25) is 0 Å². The summed E-state index contributed by atoms with van der Waals surface area (Å²) in [5.41, 5.74) is -0.778. The van der Waals surface area contributed by atoms with Crippen LogP contribution in [0.1, 0.15) is 12.8 Å². The van der Waals surface area contributed by atoms with Crippen LogP contribution in [0.25, 0.3) is 0 Å². The topological polar surface area (TPSA) is 40.5 Å². The molecule has 0 unspecified atom stereocenters. The molecule has 56 valence electrons. The molecule has 2 aliphatic carbocycles. The van der Waals surface area contributed by atoms with Gasteiger partial charge in [-0.05, 0) is 18.8 Å². The lowest BCUT2D eigenvalue weighted by Crippen LogP contribution is -2.37. The summed E-state index contributed by atoms with van der Waals surface area (Å²) < 4.78 is 0. The number of aliphatic hydroxyl groups excluding tert-OH is 1. The van der Waals surface area contributed by atoms with Crippen molar-refractivity contribution in [3.05, 3.63) is 12.2 Å². The second kappa shape index (κ2) is 1.83. The fourth-order valence-electron chi connectivity index (χ4n) is 2.11. The predicted octanol–water partition coefficient (Wildman–Crippen LogP) is 0.306. The number of aliphatic hydroxyl groups is 2. The number of rotatable bonds is 1. The predicted molar refractivity (Wildman–Crippen MR) is 37.4 cm³/mol. The quantitative estimate of drug-likeness (QED) is 0.514. The van der Waals surface area contributed by atoms with Gasteiger partial charge in [0.05, 0.1) is 12.2 Å². The van der Waals surface area contributed by atoms with E-state index < -0.39 is 5.60 Å². The second-order valence-electron chi connectivity index (χ2n) is 3.45. The second-order valence-corrected chi connectivity index (χ2v) is 3.45. The first-order valence-corrected chi connectivity index (χ1v) is 3.76. The summed E-state index contributed by atoms with van der Waals surface area (Å²) in [6.07, 6.45) is 5.97. The molecule has 0 aromatic heterocycles. The first kappa shape index (κ1) is 6.38. The van der Waals surface area contributed by atoms with Crippen LogP contribution < -0.4 is 0 Å². The molecule has 0 aliphatic heterocycles. The highest BCUT2D eigenvalue weighted by Crippen LogP contribution is 2.45. The zero-order chi connectivity index (χ0) is 7.19. The summed E-state index contributed by atoms with van der Waals surface area (Å²) in [5.74, 6) is 0.754. The van der Waals surface area contributed by atoms with Gasteiger partial charge in [0, 0.05) is 5.92 Å². The first-order valence-electron chi connectivity index (χ1n) is 3.76. The minimum absolute atomic E-state index is 0.0848. The van der Waals surface area contributed by atoms with Crippen molar-refractivity contribution < 1.29 is 10.2 Å². The fraction of sp³-hybridized carbons (Fsp3) is 0.750. The molecule has 0 radical (unpaired) electrons. The molecule has 2 N–H and O–H groups in total. The zero-order valence-electron chi connectivity index (χ0n) is 5.83. The largest absolute Gasteiger partial charge is 0.393 e. The van der Waals surface area contributed by atoms with Crippen LogP contribution in [0.3, 0.4) is 0 Å². The minimum Gasteiger partial charge on any atom is -0.393 e. The molecular weight excluding hydrogens is 128 g/mol. The average molecular weight is 140 g/mol. The molecule has 10 heavy (non-hydrogen) atoms. The Labute approximate surface area is 60.2 Å². The molecular formula is C8H12O2. The third-order valence-electron chi connectivity index (χ3n) is 2.75. The molecule has 2 rings (SSSR count). The van der Waals surface area contributed by atoms with Crippen LogP contribution in [0, 0.1) is 11.8 Å². The minimum atomic E-state index is -0.778. The van der Waals surface area contributed by atoms with Crippen LogP contribution in [-0.2, 0) is 0 Å². The van der Waals surface area contributed by atoms with E-state index in [-0.39, 0.29) is 12.5 Å². The van der Waals surface area contributed by atoms with Gasteiger partial charge in [-0.2, -0.15) is 0 Å². The van der Waals surface area contributed by atoms with Crippen molar-refractivity contribution >= 4 is 0 Å². The molecule has 2 heteroatoms. The van der Waals surface area contributed by atoms with Crippen LogP contribution in [-0.4, -0.2) is 22.4 Å². The van der Waals surface area contributed by atoms with Gasteiger partial charge in [-0.25, -0.2) is 0 Å². The molecule has 2 aliphatic rings. The van der Waals surface area contributed by atoms with Crippen molar-refractivity contribution in [2.24, 2.45) is 11.8 Å². The molecule has 0 aromatic carbocycles. The first-order chi connectivity index (χ1) is 4.74. The summed E-state index contributed by atoms with van der Waals surface area (Å²) in [4.78, 5) is 0. The lowest BCUT2D eigenvalue weighted by Gasteiger charge is -2.26. The van der Waals surface area contributed by atoms with Crippen LogP contribution in [0.5, 0.6) is 0 Å². The molecule has 0 spiro atoms. The van der Waals surface area contributed by atoms with E-state index in [0.717, 1.165) is 12.8 Å². The smallest absolute Gasteiger partial charge is 0.0945 e. The Kier molecular flexibility index (Phi) is 1.17. The van der Waals surface area contributed by atoms with E-state index in [1.165, 1.54) is 0 Å². The van der Waals surface area contributed by atoms with E-state index in [1.807, 2.05) is 6.08 Å². The maximum atomic E-state index is 9.69. The van der Waals surface area contributed by atoms with Crippen LogP contribution in [0.2, 0.25) is 0 Å². The number of allylic oxidation sites excluding steroid dienone is 1. The Balaban J connectivity index is 2.22. The lowest BCUT2D eigenvalue weighted by atomic mass is 9.89. The molecule has 0 heterocycles. The van der Waals surface area contributed by atoms with Crippen molar-refractivity contribution in [2.75, 3.05) is 6.61 Å². The summed E-state index contributed by atoms with van der Waals surface area (Å²) >= 11 is 0. The third kappa shape index (κ3) is 0.662. The van der Waals surface area contributed by atoms with Crippen LogP contribution in [0.4, 0.5) is 0 Å². The molecule has 0 amide bonds. The summed E-state index contributed by atoms with van der Waals surface area (Å²) in [5, 5.41) is 18.6. The Morgan fingerprint density at radius 3 is 2.60 bits per heavy atom. The fourth-order valence-corrected chi connectivity index (χ4v) is 2.11. The summed E-state index contributed by atoms with van der Waals surface area (Å²) in [7, 11) is 0. The van der Waals surface area contributed by atoms with Crippen molar-refractivity contribution in [3.63, 3.8) is 0 Å². The van der Waals surface area contributed by atoms with E-state index in [0.29, 0.717) is 5.92 Å². The number of hydrogen-bond acceptors (Lipinski definition) is 2. The molecule has 1 saturated carbocycles. The van der Waals surface area contributed by atoms with Crippen molar-refractivity contribution in [3.8, 4) is 0 Å². The Hall–Kier alpha value is -0.340. The Bertz CT molecular complexity index is 176. The van der Waals surface area contributed by atoms with Crippen molar-refractivity contribution in [1.29, 1.82) is 0 Å². The third-order valence-corrected chi connectivity index (χ3v) is 2.75. The standard InChI is InChI=1S/C8H12O2/c9-5-8(10)4-6-1-2-7(8)3-6/h1-2,6-7,9-10H,3-5H2/t6-,7+,8-/m1/s1. The molecule has 3 atom stereocenters. The molecule has 2 bridgehead atoms. The molecule has 0 saturated heterocycles. The molecule has 1 fully saturated rings. The molecule has 0 aromatic rings. The highest BCUT2D eigenvalue weighted by Gasteiger charge is 2.46. The van der Waals surface area contributed by atoms with Crippen molar-refractivity contribution in [2.45, 2.75) is 18.4 Å². The lowest BCUT2D eigenvalue weighted by molar-refractivity contribution is -0.0346. The van der Waals surface area contributed by atoms with E-state index >= 15 is 0 Å². The zero-order valence-corrected chi connectivity index (χ0v) is 5.83. The maximum absolute atomic E-state index is 9.69. The normalized spacial score (nSPS) is 50.6. The summed E-state index contributed by atoms with van der Waals surface area (Å²) in [6.45, 7) is -0.0848. The van der Waals surface area contributed by atoms with Crippen LogP contribution in [0.15, 0.2) is 12.2 Å². The van der Waals surface area contributed by atoms with Crippen molar-refractivity contribution in [1.82, 2.24) is 0 Å². The van der Waals surface area contributed by atoms with E-state index in [4.69, 9.17) is 5.11 Å². The van der Waals surface area contributed by atoms with E-state index in [1.54, 1.807) is 0 Å². The number of hydrogen-bond donors (Lipinski definition) is 2. The monoisotopic (exact) mass is 140 g/mol. The van der Waals surface area contributed by atoms with Gasteiger partial charge in [-0.1, -0.05) is 12.2 Å². The SMILES string of the molecule is OC[C@]1(O)C[C@@H]2C=C[C@H]1C2. The van der Waals surface area contributed by atoms with Gasteiger partial charge in [-0.3, -0.25) is 0 Å². The maximum Gasteiger partial charge on any atom is 0.0945 e. The van der Waals surface area contributed by atoms with Gasteiger partial charge < -0.3 is 10.2 Å². The average Bonchev–Trinajstić information content (AvgIpc) is 2.46. The van der Waals surface area contributed by atoms with E-state index in [2.05, 4.69) is 6.08 Å². The highest BCUT2D eigenvalue weighted by molar-refractivity contribution is 5.16. The van der Waals surface area contributed by atoms with Gasteiger partial charge in [0.25, 0.3) is 0 Å². The van der Waals surface area contributed by atoms with Gasteiger partial charge in [0.15, 0.2) is 0 Å². The molecule has 2 nitrogen and oxygen atoms in total. The van der Waals surface area contributed by atoms with Gasteiger partial charge in [-0.15, -0.1) is 0 Å². The van der Waals surface area contributed by atoms with Gasteiger partial charge in [0.1, 0.15) is 0 Å². The Morgan fingerprint density at radius 1 is 1.50 bits per heavy atom. The van der Waals surface area contributed by atoms with E-state index in [9.17, 15) is 5.11 Å².